The molecule has 0 fully saturated rings. The van der Waals surface area contributed by atoms with Crippen LogP contribution in [0.4, 0.5) is 0 Å². The molecule has 4 nitrogen and oxygen atoms in total. The van der Waals surface area contributed by atoms with E-state index in [1.807, 2.05) is 0 Å². The van der Waals surface area contributed by atoms with Gasteiger partial charge in [-0.05, 0) is 17.8 Å². The van der Waals surface area contributed by atoms with E-state index in [1.165, 1.54) is 0 Å². The third-order valence-corrected chi connectivity index (χ3v) is 2.65. The maximum Gasteiger partial charge on any atom is 0.319 e. The monoisotopic (exact) mass is 171 g/mol. The molecule has 0 aromatic rings. The largest absolute Gasteiger partial charge is 0.319 e. The lowest BCUT2D eigenvalue weighted by molar-refractivity contribution is 0.503. The van der Waals surface area contributed by atoms with E-state index in [2.05, 4.69) is 5.32 Å². The van der Waals surface area contributed by atoms with Crippen molar-refractivity contribution in [3.05, 3.63) is 0 Å². The SMILES string of the molecule is CNCCSS(=O)(=O)O. The molecule has 0 heterocycles. The highest BCUT2D eigenvalue weighted by atomic mass is 33.1. The highest BCUT2D eigenvalue weighted by Gasteiger charge is 2.02. The maximum absolute atomic E-state index is 10.00. The molecule has 0 spiro atoms. The molecule has 9 heavy (non-hydrogen) atoms. The Hall–Kier alpha value is 0.220. The fourth-order valence-corrected chi connectivity index (χ4v) is 1.63. The summed E-state index contributed by atoms with van der Waals surface area (Å²) in [6.45, 7) is 0.574. The van der Waals surface area contributed by atoms with Crippen LogP contribution < -0.4 is 5.32 Å². The van der Waals surface area contributed by atoms with Crippen LogP contribution in [0.15, 0.2) is 0 Å². The minimum absolute atomic E-state index is 0.370. The minimum Gasteiger partial charge on any atom is -0.319 e. The first-order valence-corrected chi connectivity index (χ1v) is 5.27. The molecule has 56 valence electrons. The van der Waals surface area contributed by atoms with Gasteiger partial charge in [-0.15, -0.1) is 0 Å². The summed E-state index contributed by atoms with van der Waals surface area (Å²) in [6.07, 6.45) is 0. The van der Waals surface area contributed by atoms with Crippen LogP contribution in [0, 0.1) is 0 Å². The summed E-state index contributed by atoms with van der Waals surface area (Å²) in [5.74, 6) is 0.370. The van der Waals surface area contributed by atoms with Crippen molar-refractivity contribution in [2.45, 2.75) is 0 Å². The zero-order valence-electron chi connectivity index (χ0n) is 4.99. The molecule has 0 amide bonds. The van der Waals surface area contributed by atoms with E-state index in [-0.39, 0.29) is 0 Å². The van der Waals surface area contributed by atoms with Crippen LogP contribution in [0.25, 0.3) is 0 Å². The molecule has 0 aliphatic heterocycles. The number of hydrogen-bond acceptors (Lipinski definition) is 4. The van der Waals surface area contributed by atoms with Gasteiger partial charge >= 0.3 is 9.15 Å². The lowest BCUT2D eigenvalue weighted by Gasteiger charge is -1.94. The van der Waals surface area contributed by atoms with E-state index in [0.29, 0.717) is 23.1 Å². The molecule has 0 rings (SSSR count). The summed E-state index contributed by atoms with van der Waals surface area (Å²) in [5.41, 5.74) is 0. The van der Waals surface area contributed by atoms with Crippen LogP contribution in [0.1, 0.15) is 0 Å². The Labute approximate surface area is 58.2 Å². The van der Waals surface area contributed by atoms with Crippen molar-refractivity contribution < 1.29 is 13.0 Å². The Morgan fingerprint density at radius 3 is 2.56 bits per heavy atom. The van der Waals surface area contributed by atoms with Gasteiger partial charge in [-0.25, -0.2) is 0 Å². The first-order chi connectivity index (χ1) is 4.06. The highest BCUT2D eigenvalue weighted by Crippen LogP contribution is 2.06. The molecular formula is C3H9NO3S2. The average Bonchev–Trinajstić information content (AvgIpc) is 1.63. The van der Waals surface area contributed by atoms with Crippen LogP contribution in [0.5, 0.6) is 0 Å². The summed E-state index contributed by atoms with van der Waals surface area (Å²) in [5, 5.41) is 2.74. The van der Waals surface area contributed by atoms with Crippen molar-refractivity contribution in [1.82, 2.24) is 5.32 Å². The molecule has 0 atom stereocenters. The van der Waals surface area contributed by atoms with Gasteiger partial charge in [0, 0.05) is 12.3 Å². The van der Waals surface area contributed by atoms with Crippen LogP contribution >= 0.6 is 10.8 Å². The predicted molar refractivity (Wildman–Crippen MR) is 37.9 cm³/mol. The van der Waals surface area contributed by atoms with Crippen molar-refractivity contribution >= 4 is 19.9 Å². The van der Waals surface area contributed by atoms with Crippen molar-refractivity contribution in [1.29, 1.82) is 0 Å². The van der Waals surface area contributed by atoms with Gasteiger partial charge < -0.3 is 5.32 Å². The Balaban J connectivity index is 3.30. The Morgan fingerprint density at radius 2 is 2.22 bits per heavy atom. The molecule has 0 aromatic carbocycles. The van der Waals surface area contributed by atoms with Crippen LogP contribution in [-0.4, -0.2) is 32.3 Å². The fourth-order valence-electron chi connectivity index (χ4n) is 0.249. The molecule has 0 aliphatic carbocycles. The Kier molecular flexibility index (Phi) is 4.20. The third-order valence-electron chi connectivity index (χ3n) is 0.584. The molecule has 0 radical (unpaired) electrons. The smallest absolute Gasteiger partial charge is 0.319 e. The normalized spacial score (nSPS) is 11.8. The van der Waals surface area contributed by atoms with Crippen LogP contribution in [-0.2, 0) is 9.15 Å². The van der Waals surface area contributed by atoms with Gasteiger partial charge in [0.25, 0.3) is 0 Å². The zero-order valence-corrected chi connectivity index (χ0v) is 6.63. The van der Waals surface area contributed by atoms with E-state index in [0.717, 1.165) is 0 Å². The first kappa shape index (κ1) is 9.22. The Morgan fingerprint density at radius 1 is 1.67 bits per heavy atom. The van der Waals surface area contributed by atoms with E-state index in [1.54, 1.807) is 7.05 Å². The summed E-state index contributed by atoms with van der Waals surface area (Å²) in [7, 11) is -1.58. The van der Waals surface area contributed by atoms with Gasteiger partial charge in [-0.2, -0.15) is 8.42 Å². The highest BCUT2D eigenvalue weighted by molar-refractivity contribution is 8.69. The maximum atomic E-state index is 10.00. The van der Waals surface area contributed by atoms with Crippen molar-refractivity contribution in [3.63, 3.8) is 0 Å². The Bertz CT molecular complexity index is 152. The molecule has 0 aromatic heterocycles. The second-order valence-electron chi connectivity index (χ2n) is 1.35. The molecule has 0 aliphatic rings. The average molecular weight is 171 g/mol. The van der Waals surface area contributed by atoms with Gasteiger partial charge in [-0.3, -0.25) is 4.55 Å². The molecule has 2 N–H and O–H groups in total. The quantitative estimate of drug-likeness (QED) is 0.346. The van der Waals surface area contributed by atoms with E-state index in [9.17, 15) is 8.42 Å². The molecule has 0 unspecified atom stereocenters. The van der Waals surface area contributed by atoms with E-state index >= 15 is 0 Å². The summed E-state index contributed by atoms with van der Waals surface area (Å²) in [4.78, 5) is 0. The lowest BCUT2D eigenvalue weighted by Crippen LogP contribution is -2.10. The van der Waals surface area contributed by atoms with Gasteiger partial charge in [0.15, 0.2) is 0 Å². The molecule has 0 bridgehead atoms. The second-order valence-corrected chi connectivity index (χ2v) is 4.82. The van der Waals surface area contributed by atoms with Crippen molar-refractivity contribution in [3.8, 4) is 0 Å². The van der Waals surface area contributed by atoms with Crippen molar-refractivity contribution in [2.24, 2.45) is 0 Å². The zero-order chi connectivity index (χ0) is 7.33. The van der Waals surface area contributed by atoms with Gasteiger partial charge in [0.2, 0.25) is 0 Å². The number of rotatable bonds is 4. The molecule has 6 heteroatoms. The van der Waals surface area contributed by atoms with Crippen LogP contribution in [0.2, 0.25) is 0 Å². The van der Waals surface area contributed by atoms with Gasteiger partial charge in [-0.1, -0.05) is 0 Å². The second kappa shape index (κ2) is 4.10. The molecule has 0 saturated carbocycles. The molecule has 0 saturated heterocycles. The standard InChI is InChI=1S/C3H9NO3S2/c1-4-2-3-8-9(5,6)7/h4H,2-3H2,1H3,(H,5,6,7). The van der Waals surface area contributed by atoms with Gasteiger partial charge in [0.1, 0.15) is 0 Å². The predicted octanol–water partition coefficient (Wildman–Crippen LogP) is -0.258. The topological polar surface area (TPSA) is 66.4 Å². The third kappa shape index (κ3) is 8.22. The summed E-state index contributed by atoms with van der Waals surface area (Å²) >= 11 is 0. The minimum atomic E-state index is -3.82. The fraction of sp³-hybridized carbons (Fsp3) is 1.00. The van der Waals surface area contributed by atoms with Crippen LogP contribution in [0.3, 0.4) is 0 Å². The summed E-state index contributed by atoms with van der Waals surface area (Å²) < 4.78 is 28.1. The van der Waals surface area contributed by atoms with E-state index in [4.69, 9.17) is 4.55 Å². The number of nitrogens with one attached hydrogen (secondary N) is 1. The number of hydrogen-bond donors (Lipinski definition) is 2. The molecular weight excluding hydrogens is 162 g/mol. The first-order valence-electron chi connectivity index (χ1n) is 2.32. The summed E-state index contributed by atoms with van der Waals surface area (Å²) in [6, 6.07) is 0. The van der Waals surface area contributed by atoms with Crippen molar-refractivity contribution in [2.75, 3.05) is 19.3 Å². The lowest BCUT2D eigenvalue weighted by atomic mass is 10.8. The van der Waals surface area contributed by atoms with Gasteiger partial charge in [0.05, 0.1) is 0 Å². The van der Waals surface area contributed by atoms with E-state index < -0.39 is 9.15 Å².